The van der Waals surface area contributed by atoms with Crippen molar-refractivity contribution in [1.82, 2.24) is 0 Å². The number of nitrogens with one attached hydrogen (secondary N) is 2. The fourth-order valence-electron chi connectivity index (χ4n) is 1.44. The lowest BCUT2D eigenvalue weighted by atomic mass is 10.1. The second kappa shape index (κ2) is 7.43. The van der Waals surface area contributed by atoms with E-state index in [1.807, 2.05) is 27.7 Å². The lowest BCUT2D eigenvalue weighted by molar-refractivity contribution is -0.119. The summed E-state index contributed by atoms with van der Waals surface area (Å²) in [5.74, 6) is 0.0651. The lowest BCUT2D eigenvalue weighted by Crippen LogP contribution is -2.26. The second-order valence-electron chi connectivity index (χ2n) is 5.36. The fourth-order valence-corrected chi connectivity index (χ4v) is 1.55. The van der Waals surface area contributed by atoms with Gasteiger partial charge in [0.2, 0.25) is 11.8 Å². The van der Waals surface area contributed by atoms with Crippen molar-refractivity contribution < 1.29 is 9.59 Å². The molecule has 110 valence electrons. The molecule has 1 atom stereocenters. The van der Waals surface area contributed by atoms with Crippen molar-refractivity contribution in [2.24, 2.45) is 11.8 Å². The first-order valence-electron chi connectivity index (χ1n) is 6.67. The van der Waals surface area contributed by atoms with Crippen LogP contribution in [0.15, 0.2) is 24.3 Å². The van der Waals surface area contributed by atoms with E-state index in [-0.39, 0.29) is 28.5 Å². The maximum absolute atomic E-state index is 11.9. The molecule has 0 radical (unpaired) electrons. The third kappa shape index (κ3) is 4.96. The van der Waals surface area contributed by atoms with Gasteiger partial charge < -0.3 is 10.6 Å². The van der Waals surface area contributed by atoms with Gasteiger partial charge in [-0.05, 0) is 30.2 Å². The Kier molecular flexibility index (Phi) is 6.20. The molecule has 1 aromatic rings. The van der Waals surface area contributed by atoms with Crippen molar-refractivity contribution in [1.29, 1.82) is 0 Å². The molecule has 0 aliphatic carbocycles. The molecule has 0 saturated carbocycles. The summed E-state index contributed by atoms with van der Waals surface area (Å²) in [6.07, 6.45) is 0. The molecule has 0 saturated heterocycles. The Bertz CT molecular complexity index is 469. The highest BCUT2D eigenvalue weighted by molar-refractivity contribution is 9.10. The van der Waals surface area contributed by atoms with Gasteiger partial charge in [0.15, 0.2) is 0 Å². The Morgan fingerprint density at radius 3 is 1.65 bits per heavy atom. The zero-order chi connectivity index (χ0) is 15.3. The number of hydrogen-bond acceptors (Lipinski definition) is 2. The number of carbonyl (C=O) groups is 2. The molecule has 0 aromatic heterocycles. The summed E-state index contributed by atoms with van der Waals surface area (Å²) in [5, 5.41) is 5.63. The van der Waals surface area contributed by atoms with Crippen LogP contribution in [-0.2, 0) is 9.59 Å². The topological polar surface area (TPSA) is 58.2 Å². The number of alkyl halides is 1. The second-order valence-corrected chi connectivity index (χ2v) is 6.34. The maximum atomic E-state index is 11.9. The van der Waals surface area contributed by atoms with Crippen molar-refractivity contribution in [3.8, 4) is 0 Å². The predicted molar refractivity (Wildman–Crippen MR) is 86.1 cm³/mol. The molecular formula is C15H21BrN2O2. The van der Waals surface area contributed by atoms with Gasteiger partial charge in [-0.3, -0.25) is 9.59 Å². The molecule has 1 unspecified atom stereocenters. The van der Waals surface area contributed by atoms with Crippen molar-refractivity contribution >= 4 is 39.1 Å². The Balaban J connectivity index is 2.63. The van der Waals surface area contributed by atoms with Crippen LogP contribution >= 0.6 is 15.9 Å². The zero-order valence-corrected chi connectivity index (χ0v) is 13.8. The minimum atomic E-state index is -0.220. The van der Waals surface area contributed by atoms with E-state index >= 15 is 0 Å². The number of halogens is 1. The molecule has 0 spiro atoms. The average Bonchev–Trinajstić information content (AvgIpc) is 2.39. The summed E-state index contributed by atoms with van der Waals surface area (Å²) in [6.45, 7) is 7.63. The van der Waals surface area contributed by atoms with Crippen molar-refractivity contribution in [2.75, 3.05) is 10.6 Å². The molecule has 1 rings (SSSR count). The first kappa shape index (κ1) is 16.7. The zero-order valence-electron chi connectivity index (χ0n) is 12.2. The molecule has 1 aromatic carbocycles. The van der Waals surface area contributed by atoms with Gasteiger partial charge in [-0.2, -0.15) is 0 Å². The Hall–Kier alpha value is -1.36. The molecule has 0 heterocycles. The summed E-state index contributed by atoms with van der Waals surface area (Å²) in [7, 11) is 0. The summed E-state index contributed by atoms with van der Waals surface area (Å²) >= 11 is 3.36. The molecule has 20 heavy (non-hydrogen) atoms. The molecular weight excluding hydrogens is 320 g/mol. The molecule has 0 bridgehead atoms. The highest BCUT2D eigenvalue weighted by Crippen LogP contribution is 2.18. The quantitative estimate of drug-likeness (QED) is 0.804. The lowest BCUT2D eigenvalue weighted by Gasteiger charge is -2.14. The third-order valence-electron chi connectivity index (χ3n) is 2.78. The molecule has 5 heteroatoms. The molecule has 0 fully saturated rings. The monoisotopic (exact) mass is 340 g/mol. The number of hydrogen-bond donors (Lipinski definition) is 2. The van der Waals surface area contributed by atoms with Gasteiger partial charge in [0.05, 0.1) is 4.83 Å². The summed E-state index contributed by atoms with van der Waals surface area (Å²) in [4.78, 5) is 23.2. The Morgan fingerprint density at radius 1 is 0.900 bits per heavy atom. The predicted octanol–water partition coefficient (Wildman–Crippen LogP) is 3.64. The minimum Gasteiger partial charge on any atom is -0.326 e. The van der Waals surface area contributed by atoms with Crippen molar-refractivity contribution in [3.63, 3.8) is 0 Å². The SMILES string of the molecule is CC(C)C(=O)Nc1ccc(NC(=O)C(Br)C(C)C)cc1. The molecule has 0 aliphatic rings. The van der Waals surface area contributed by atoms with Gasteiger partial charge in [0.1, 0.15) is 0 Å². The first-order valence-corrected chi connectivity index (χ1v) is 7.58. The van der Waals surface area contributed by atoms with E-state index < -0.39 is 0 Å². The number of anilines is 2. The molecule has 4 nitrogen and oxygen atoms in total. The largest absolute Gasteiger partial charge is 0.326 e. The first-order chi connectivity index (χ1) is 9.31. The smallest absolute Gasteiger partial charge is 0.238 e. The van der Waals surface area contributed by atoms with Crippen LogP contribution in [0.2, 0.25) is 0 Å². The normalized spacial score (nSPS) is 12.3. The van der Waals surface area contributed by atoms with Gasteiger partial charge >= 0.3 is 0 Å². The highest BCUT2D eigenvalue weighted by atomic mass is 79.9. The van der Waals surface area contributed by atoms with E-state index in [4.69, 9.17) is 0 Å². The molecule has 0 aliphatic heterocycles. The Labute approximate surface area is 128 Å². The Morgan fingerprint density at radius 2 is 1.30 bits per heavy atom. The van der Waals surface area contributed by atoms with Crippen LogP contribution in [0.3, 0.4) is 0 Å². The van der Waals surface area contributed by atoms with Gasteiger partial charge in [-0.15, -0.1) is 0 Å². The van der Waals surface area contributed by atoms with E-state index in [9.17, 15) is 9.59 Å². The van der Waals surface area contributed by atoms with E-state index in [2.05, 4.69) is 26.6 Å². The maximum Gasteiger partial charge on any atom is 0.238 e. The summed E-state index contributed by atoms with van der Waals surface area (Å²) in [5.41, 5.74) is 1.43. The van der Waals surface area contributed by atoms with Gasteiger partial charge in [-0.1, -0.05) is 43.6 Å². The van der Waals surface area contributed by atoms with Crippen LogP contribution in [-0.4, -0.2) is 16.6 Å². The number of carbonyl (C=O) groups excluding carboxylic acids is 2. The minimum absolute atomic E-state index is 0.0258. The summed E-state index contributed by atoms with van der Waals surface area (Å²) < 4.78 is 0. The average molecular weight is 341 g/mol. The van der Waals surface area contributed by atoms with Crippen LogP contribution in [0.25, 0.3) is 0 Å². The van der Waals surface area contributed by atoms with Crippen LogP contribution in [0.4, 0.5) is 11.4 Å². The van der Waals surface area contributed by atoms with Gasteiger partial charge in [-0.25, -0.2) is 0 Å². The van der Waals surface area contributed by atoms with Gasteiger partial charge in [0.25, 0.3) is 0 Å². The standard InChI is InChI=1S/C15H21BrN2O2/c1-9(2)13(16)15(20)18-12-7-5-11(6-8-12)17-14(19)10(3)4/h5-10,13H,1-4H3,(H,17,19)(H,18,20). The third-order valence-corrected chi connectivity index (χ3v) is 4.25. The summed E-state index contributed by atoms with van der Waals surface area (Å²) in [6, 6.07) is 7.09. The molecule has 2 amide bonds. The van der Waals surface area contributed by atoms with E-state index in [1.165, 1.54) is 0 Å². The van der Waals surface area contributed by atoms with Crippen LogP contribution < -0.4 is 10.6 Å². The molecule has 2 N–H and O–H groups in total. The van der Waals surface area contributed by atoms with E-state index in [1.54, 1.807) is 24.3 Å². The van der Waals surface area contributed by atoms with Gasteiger partial charge in [0, 0.05) is 17.3 Å². The van der Waals surface area contributed by atoms with E-state index in [0.29, 0.717) is 5.69 Å². The number of amides is 2. The highest BCUT2D eigenvalue weighted by Gasteiger charge is 2.18. The van der Waals surface area contributed by atoms with E-state index in [0.717, 1.165) is 5.69 Å². The van der Waals surface area contributed by atoms with Crippen LogP contribution in [0.1, 0.15) is 27.7 Å². The van der Waals surface area contributed by atoms with Crippen LogP contribution in [0.5, 0.6) is 0 Å². The van der Waals surface area contributed by atoms with Crippen molar-refractivity contribution in [3.05, 3.63) is 24.3 Å². The van der Waals surface area contributed by atoms with Crippen molar-refractivity contribution in [2.45, 2.75) is 32.5 Å². The van der Waals surface area contributed by atoms with Crippen LogP contribution in [0, 0.1) is 11.8 Å². The number of rotatable bonds is 5. The number of benzene rings is 1. The fraction of sp³-hybridized carbons (Fsp3) is 0.467.